The van der Waals surface area contributed by atoms with Crippen LogP contribution >= 0.6 is 35.0 Å². The van der Waals surface area contributed by atoms with E-state index in [1.807, 2.05) is 0 Å². The molecule has 15 heteroatoms. The van der Waals surface area contributed by atoms with E-state index in [1.165, 1.54) is 34.9 Å². The summed E-state index contributed by atoms with van der Waals surface area (Å²) in [6.45, 7) is -2.30. The van der Waals surface area contributed by atoms with E-state index in [-0.39, 0.29) is 41.6 Å². The van der Waals surface area contributed by atoms with Crippen LogP contribution in [0.1, 0.15) is 57.2 Å². The lowest BCUT2D eigenvalue weighted by atomic mass is 10.0. The molecule has 1 saturated carbocycles. The molecule has 2 fully saturated rings. The molecule has 10 nitrogen and oxygen atoms in total. The summed E-state index contributed by atoms with van der Waals surface area (Å²) in [6, 6.07) is 10.9. The highest BCUT2D eigenvalue weighted by molar-refractivity contribution is 8.00. The summed E-state index contributed by atoms with van der Waals surface area (Å²) in [5.41, 5.74) is 1.69. The number of aromatic nitrogens is 1. The molecule has 2 aromatic carbocycles. The fourth-order valence-electron chi connectivity index (χ4n) is 5.09. The average Bonchev–Trinajstić information content (AvgIpc) is 3.76. The van der Waals surface area contributed by atoms with Crippen molar-refractivity contribution in [1.82, 2.24) is 9.80 Å². The molecule has 0 bridgehead atoms. The van der Waals surface area contributed by atoms with Crippen molar-refractivity contribution in [2.45, 2.75) is 43.8 Å². The number of carbonyl (C=O) groups excluding carboxylic acids is 3. The Labute approximate surface area is 290 Å². The third kappa shape index (κ3) is 9.49. The monoisotopic (exact) mass is 725 g/mol. The number of nitrogens with zero attached hydrogens (tertiary/aromatic N) is 2. The Hall–Kier alpha value is -3.65. The van der Waals surface area contributed by atoms with E-state index in [4.69, 9.17) is 32.7 Å². The van der Waals surface area contributed by atoms with E-state index in [1.54, 1.807) is 55.7 Å². The third-order valence-corrected chi connectivity index (χ3v) is 9.64. The number of rotatable bonds is 13. The van der Waals surface area contributed by atoms with E-state index < -0.39 is 24.1 Å². The first-order valence-corrected chi connectivity index (χ1v) is 16.8. The van der Waals surface area contributed by atoms with Crippen molar-refractivity contribution >= 4 is 52.7 Å². The van der Waals surface area contributed by atoms with Gasteiger partial charge in [-0.2, -0.15) is 8.78 Å². The highest BCUT2D eigenvalue weighted by atomic mass is 35.5. The number of carbonyl (C=O) groups is 3. The Morgan fingerprint density at radius 1 is 1.04 bits per heavy atom. The molecular formula is C33H35Cl2F2N3O7S. The maximum absolute atomic E-state index is 13.5. The number of H-pyrrole nitrogens is 1. The smallest absolute Gasteiger partial charge is 0.387 e. The summed E-state index contributed by atoms with van der Waals surface area (Å²) in [6.07, 6.45) is 4.09. The number of esters is 1. The first-order valence-electron chi connectivity index (χ1n) is 15.0. The number of benzene rings is 2. The van der Waals surface area contributed by atoms with E-state index in [0.717, 1.165) is 12.8 Å². The Bertz CT molecular complexity index is 1610. The number of aromatic amines is 1. The van der Waals surface area contributed by atoms with Gasteiger partial charge in [-0.25, -0.2) is 4.98 Å². The molecule has 2 N–H and O–H groups in total. The maximum atomic E-state index is 13.5. The van der Waals surface area contributed by atoms with E-state index in [9.17, 15) is 23.2 Å². The van der Waals surface area contributed by atoms with Crippen LogP contribution in [-0.2, 0) is 16.0 Å². The number of pyridine rings is 1. The lowest BCUT2D eigenvalue weighted by Crippen LogP contribution is -2.36. The molecule has 2 amide bonds. The Kier molecular flexibility index (Phi) is 12.9. The summed E-state index contributed by atoms with van der Waals surface area (Å²) in [4.78, 5) is 45.4. The number of amides is 2. The number of nitrogens with one attached hydrogen (secondary N) is 1. The van der Waals surface area contributed by atoms with Crippen LogP contribution in [0.25, 0.3) is 0 Å². The van der Waals surface area contributed by atoms with Crippen molar-refractivity contribution in [2.24, 2.45) is 5.92 Å². The fraction of sp³-hybridized carbons (Fsp3) is 0.394. The number of hydrogen-bond donors (Lipinski definition) is 0. The van der Waals surface area contributed by atoms with Gasteiger partial charge in [0.15, 0.2) is 23.9 Å². The minimum absolute atomic E-state index is 0. The minimum atomic E-state index is -3.05. The zero-order valence-electron chi connectivity index (χ0n) is 26.2. The topological polar surface area (TPSA) is 130 Å². The fourth-order valence-corrected chi connectivity index (χ4v) is 6.83. The van der Waals surface area contributed by atoms with Gasteiger partial charge in [-0.15, -0.1) is 11.8 Å². The van der Waals surface area contributed by atoms with Crippen LogP contribution in [0.2, 0.25) is 10.0 Å². The summed E-state index contributed by atoms with van der Waals surface area (Å²) in [7, 11) is 3.27. The van der Waals surface area contributed by atoms with Crippen molar-refractivity contribution in [2.75, 3.05) is 33.0 Å². The van der Waals surface area contributed by atoms with Crippen molar-refractivity contribution in [3.63, 3.8) is 0 Å². The zero-order chi connectivity index (χ0) is 33.7. The second kappa shape index (κ2) is 16.6. The molecule has 1 aliphatic carbocycles. The van der Waals surface area contributed by atoms with Crippen LogP contribution in [0, 0.1) is 5.92 Å². The van der Waals surface area contributed by atoms with Crippen LogP contribution in [0.4, 0.5) is 8.78 Å². The highest BCUT2D eigenvalue weighted by Crippen LogP contribution is 2.38. The van der Waals surface area contributed by atoms with Gasteiger partial charge < -0.3 is 29.5 Å². The van der Waals surface area contributed by atoms with Crippen LogP contribution < -0.4 is 14.5 Å². The standard InChI is InChI=1S/C33H33Cl2F2N3O6S.H2O/c1-39(2)31(42)21-4-3-5-22(12-21)32(43)40-10-11-47-29(40)15-30(41)45-27(14-23-24(34)16-38-17-25(23)35)20-8-9-26(46-33(36)37)28(13-20)44-18-19-6-7-19;/h3-5,8-9,12-13,16-17,19,27,29,33H,6-7,10-11,14-15,18H2,1-2H3;1H2/t27-,29?;/m0./s1. The van der Waals surface area contributed by atoms with Gasteiger partial charge in [0.2, 0.25) is 0 Å². The SMILES string of the molecule is CN(C)C(=O)c1cccc(C(=O)N2CCSC2CC(=O)O[C@@H](Cc2c(Cl)c[nH+]cc2Cl)c2ccc(OC(F)F)c(OCC3CC3)c2)c1.[OH-]. The summed E-state index contributed by atoms with van der Waals surface area (Å²) in [5.74, 6) is -0.193. The predicted molar refractivity (Wildman–Crippen MR) is 175 cm³/mol. The van der Waals surface area contributed by atoms with Gasteiger partial charge in [0.25, 0.3) is 11.8 Å². The molecule has 0 spiro atoms. The number of hydrogen-bond acceptors (Lipinski definition) is 8. The van der Waals surface area contributed by atoms with E-state index >= 15 is 0 Å². The molecule has 1 saturated heterocycles. The molecule has 2 aliphatic rings. The molecule has 1 aromatic heterocycles. The molecule has 258 valence electrons. The predicted octanol–water partition coefficient (Wildman–Crippen LogP) is 6.16. The quantitative estimate of drug-likeness (QED) is 0.192. The lowest BCUT2D eigenvalue weighted by molar-refractivity contribution is -0.377. The van der Waals surface area contributed by atoms with Crippen molar-refractivity contribution in [1.29, 1.82) is 0 Å². The van der Waals surface area contributed by atoms with Crippen LogP contribution in [0.5, 0.6) is 11.5 Å². The van der Waals surface area contributed by atoms with E-state index in [2.05, 4.69) is 9.72 Å². The molecule has 2 atom stereocenters. The van der Waals surface area contributed by atoms with E-state index in [0.29, 0.717) is 57.1 Å². The van der Waals surface area contributed by atoms with Crippen LogP contribution in [0.3, 0.4) is 0 Å². The van der Waals surface area contributed by atoms with Crippen molar-refractivity contribution in [3.05, 3.63) is 87.2 Å². The minimum Gasteiger partial charge on any atom is -0.870 e. The first kappa shape index (κ1) is 37.2. The Morgan fingerprint density at radius 3 is 2.42 bits per heavy atom. The maximum Gasteiger partial charge on any atom is 0.387 e. The number of halogens is 4. The van der Waals surface area contributed by atoms with Gasteiger partial charge in [0.1, 0.15) is 16.1 Å². The summed E-state index contributed by atoms with van der Waals surface area (Å²) < 4.78 is 42.9. The third-order valence-electron chi connectivity index (χ3n) is 7.74. The second-order valence-electron chi connectivity index (χ2n) is 11.5. The number of thioether (sulfide) groups is 1. The molecule has 2 heterocycles. The van der Waals surface area contributed by atoms with Gasteiger partial charge in [0, 0.05) is 49.5 Å². The Balaban J connectivity index is 0.00000520. The molecule has 3 aromatic rings. The molecule has 1 unspecified atom stereocenters. The summed E-state index contributed by atoms with van der Waals surface area (Å²) >= 11 is 14.3. The van der Waals surface area contributed by atoms with Crippen LogP contribution in [-0.4, -0.2) is 78.0 Å². The molecule has 5 rings (SSSR count). The molecule has 0 radical (unpaired) electrons. The number of ether oxygens (including phenoxy) is 3. The highest BCUT2D eigenvalue weighted by Gasteiger charge is 2.34. The Morgan fingerprint density at radius 2 is 1.75 bits per heavy atom. The second-order valence-corrected chi connectivity index (χ2v) is 13.6. The zero-order valence-corrected chi connectivity index (χ0v) is 28.5. The van der Waals surface area contributed by atoms with Crippen LogP contribution in [0.15, 0.2) is 54.9 Å². The lowest BCUT2D eigenvalue weighted by Gasteiger charge is -2.25. The molecular weight excluding hydrogens is 691 g/mol. The van der Waals surface area contributed by atoms with Gasteiger partial charge >= 0.3 is 12.6 Å². The first-order chi connectivity index (χ1) is 22.5. The summed E-state index contributed by atoms with van der Waals surface area (Å²) in [5, 5.41) is 0.126. The van der Waals surface area contributed by atoms with Gasteiger partial charge in [-0.1, -0.05) is 35.3 Å². The van der Waals surface area contributed by atoms with Gasteiger partial charge in [-0.05, 0) is 54.7 Å². The average molecular weight is 727 g/mol. The largest absolute Gasteiger partial charge is 0.870 e. The normalized spacial score (nSPS) is 16.2. The van der Waals surface area contributed by atoms with Gasteiger partial charge in [-0.3, -0.25) is 14.4 Å². The molecule has 48 heavy (non-hydrogen) atoms. The number of alkyl halides is 2. The van der Waals surface area contributed by atoms with Crippen molar-refractivity contribution < 1.29 is 47.8 Å². The molecule has 1 aliphatic heterocycles. The van der Waals surface area contributed by atoms with Gasteiger partial charge in [0.05, 0.1) is 18.4 Å². The van der Waals surface area contributed by atoms with Crippen molar-refractivity contribution in [3.8, 4) is 11.5 Å².